The second-order valence-corrected chi connectivity index (χ2v) is 5.09. The molecule has 1 atom stereocenters. The van der Waals surface area contributed by atoms with Crippen molar-refractivity contribution < 1.29 is 14.3 Å². The summed E-state index contributed by atoms with van der Waals surface area (Å²) in [5.74, 6) is -0.585. The van der Waals surface area contributed by atoms with Gasteiger partial charge in [0, 0.05) is 6.54 Å². The maximum atomic E-state index is 12.0. The molecule has 0 saturated heterocycles. The third kappa shape index (κ3) is 4.53. The van der Waals surface area contributed by atoms with Gasteiger partial charge in [0.15, 0.2) is 6.10 Å². The molecular formula is C14H21N3O3. The lowest BCUT2D eigenvalue weighted by Gasteiger charge is -2.15. The monoisotopic (exact) mass is 279 g/mol. The van der Waals surface area contributed by atoms with E-state index in [-0.39, 0.29) is 11.5 Å². The first kappa shape index (κ1) is 15.9. The van der Waals surface area contributed by atoms with Crippen LogP contribution in [0.15, 0.2) is 12.3 Å². The van der Waals surface area contributed by atoms with Gasteiger partial charge in [0.1, 0.15) is 0 Å². The molecule has 0 spiro atoms. The van der Waals surface area contributed by atoms with Gasteiger partial charge in [0.05, 0.1) is 23.1 Å². The lowest BCUT2D eigenvalue weighted by molar-refractivity contribution is -0.129. The summed E-state index contributed by atoms with van der Waals surface area (Å²) >= 11 is 0. The first-order valence-corrected chi connectivity index (χ1v) is 6.52. The molecule has 0 fully saturated rings. The first-order chi connectivity index (χ1) is 9.31. The van der Waals surface area contributed by atoms with E-state index in [2.05, 4.69) is 10.3 Å². The fourth-order valence-electron chi connectivity index (χ4n) is 1.48. The van der Waals surface area contributed by atoms with Gasteiger partial charge in [-0.1, -0.05) is 13.8 Å². The largest absolute Gasteiger partial charge is 0.449 e. The number of aromatic nitrogens is 1. The van der Waals surface area contributed by atoms with E-state index in [0.29, 0.717) is 23.8 Å². The fourth-order valence-corrected chi connectivity index (χ4v) is 1.48. The van der Waals surface area contributed by atoms with Gasteiger partial charge in [0.2, 0.25) is 0 Å². The summed E-state index contributed by atoms with van der Waals surface area (Å²) in [6.45, 7) is 7.72. The number of nitrogens with two attached hydrogens (primary N) is 1. The number of hydrogen-bond acceptors (Lipinski definition) is 5. The molecule has 110 valence electrons. The lowest BCUT2D eigenvalue weighted by atomic mass is 10.2. The average molecular weight is 279 g/mol. The minimum absolute atomic E-state index is 0.272. The van der Waals surface area contributed by atoms with Gasteiger partial charge in [-0.15, -0.1) is 0 Å². The minimum atomic E-state index is -0.859. The molecule has 0 aliphatic heterocycles. The third-order valence-electron chi connectivity index (χ3n) is 2.67. The number of nitrogen functional groups attached to an aromatic ring is 1. The van der Waals surface area contributed by atoms with E-state index in [1.54, 1.807) is 6.92 Å². The van der Waals surface area contributed by atoms with Gasteiger partial charge >= 0.3 is 5.97 Å². The Morgan fingerprint density at radius 3 is 2.65 bits per heavy atom. The molecule has 1 rings (SSSR count). The molecule has 1 heterocycles. The Morgan fingerprint density at radius 1 is 1.40 bits per heavy atom. The molecule has 1 unspecified atom stereocenters. The van der Waals surface area contributed by atoms with Crippen molar-refractivity contribution in [2.45, 2.75) is 33.8 Å². The average Bonchev–Trinajstić information content (AvgIpc) is 2.38. The molecule has 0 saturated carbocycles. The van der Waals surface area contributed by atoms with Crippen molar-refractivity contribution in [2.24, 2.45) is 5.92 Å². The molecule has 0 aliphatic rings. The predicted molar refractivity (Wildman–Crippen MR) is 76.1 cm³/mol. The molecule has 0 bridgehead atoms. The topological polar surface area (TPSA) is 94.3 Å². The smallest absolute Gasteiger partial charge is 0.340 e. The van der Waals surface area contributed by atoms with Crippen LogP contribution in [0.4, 0.5) is 5.69 Å². The summed E-state index contributed by atoms with van der Waals surface area (Å²) in [7, 11) is 0. The Morgan fingerprint density at radius 2 is 2.05 bits per heavy atom. The van der Waals surface area contributed by atoms with Crippen LogP contribution < -0.4 is 11.1 Å². The summed E-state index contributed by atoms with van der Waals surface area (Å²) in [5, 5.41) is 2.71. The maximum Gasteiger partial charge on any atom is 0.340 e. The van der Waals surface area contributed by atoms with E-state index in [4.69, 9.17) is 10.5 Å². The van der Waals surface area contributed by atoms with Gasteiger partial charge in [-0.2, -0.15) is 0 Å². The van der Waals surface area contributed by atoms with Crippen molar-refractivity contribution >= 4 is 17.6 Å². The lowest BCUT2D eigenvalue weighted by Crippen LogP contribution is -2.37. The van der Waals surface area contributed by atoms with Gasteiger partial charge < -0.3 is 15.8 Å². The molecule has 1 aromatic rings. The summed E-state index contributed by atoms with van der Waals surface area (Å²) in [5.41, 5.74) is 6.75. The van der Waals surface area contributed by atoms with Crippen LogP contribution in [0.25, 0.3) is 0 Å². The van der Waals surface area contributed by atoms with Gasteiger partial charge in [-0.25, -0.2) is 4.79 Å². The second kappa shape index (κ2) is 6.88. The molecule has 1 amide bonds. The van der Waals surface area contributed by atoms with E-state index in [1.165, 1.54) is 19.2 Å². The van der Waals surface area contributed by atoms with Crippen molar-refractivity contribution in [3.63, 3.8) is 0 Å². The highest BCUT2D eigenvalue weighted by molar-refractivity contribution is 5.93. The van der Waals surface area contributed by atoms with Crippen molar-refractivity contribution in [1.82, 2.24) is 10.3 Å². The zero-order valence-electron chi connectivity index (χ0n) is 12.3. The highest BCUT2D eigenvalue weighted by atomic mass is 16.5. The van der Waals surface area contributed by atoms with Crippen LogP contribution >= 0.6 is 0 Å². The van der Waals surface area contributed by atoms with Crippen LogP contribution in [0.3, 0.4) is 0 Å². The van der Waals surface area contributed by atoms with E-state index in [1.807, 2.05) is 13.8 Å². The molecule has 6 heteroatoms. The maximum absolute atomic E-state index is 12.0. The fraction of sp³-hybridized carbons (Fsp3) is 0.500. The summed E-state index contributed by atoms with van der Waals surface area (Å²) in [6, 6.07) is 1.49. The Hall–Kier alpha value is -2.11. The number of ether oxygens (including phenoxy) is 1. The van der Waals surface area contributed by atoms with E-state index < -0.39 is 12.1 Å². The molecule has 6 nitrogen and oxygen atoms in total. The number of anilines is 1. The van der Waals surface area contributed by atoms with Crippen molar-refractivity contribution in [2.75, 3.05) is 12.3 Å². The normalized spacial score (nSPS) is 12.1. The molecule has 0 aliphatic carbocycles. The van der Waals surface area contributed by atoms with Crippen molar-refractivity contribution in [3.8, 4) is 0 Å². The number of amides is 1. The molecule has 20 heavy (non-hydrogen) atoms. The standard InChI is InChI=1S/C14H21N3O3/c1-8(2)6-17-13(18)10(4)20-14(19)12-5-11(15)7-16-9(12)3/h5,7-8,10H,6,15H2,1-4H3,(H,17,18). The molecule has 3 N–H and O–H groups in total. The number of carbonyl (C=O) groups excluding carboxylic acids is 2. The number of nitrogens with zero attached hydrogens (tertiary/aromatic N) is 1. The van der Waals surface area contributed by atoms with E-state index >= 15 is 0 Å². The number of carbonyl (C=O) groups is 2. The Bertz CT molecular complexity index is 500. The number of nitrogens with one attached hydrogen (secondary N) is 1. The van der Waals surface area contributed by atoms with Gasteiger partial charge in [-0.05, 0) is 25.8 Å². The van der Waals surface area contributed by atoms with Crippen LogP contribution in [-0.4, -0.2) is 29.5 Å². The van der Waals surface area contributed by atoms with Gasteiger partial charge in [0.25, 0.3) is 5.91 Å². The Kier molecular flexibility index (Phi) is 5.49. The summed E-state index contributed by atoms with van der Waals surface area (Å²) < 4.78 is 5.12. The van der Waals surface area contributed by atoms with E-state index in [9.17, 15) is 9.59 Å². The van der Waals surface area contributed by atoms with Crippen LogP contribution in [0, 0.1) is 12.8 Å². The highest BCUT2D eigenvalue weighted by Crippen LogP contribution is 2.12. The predicted octanol–water partition coefficient (Wildman–Crippen LogP) is 1.29. The quantitative estimate of drug-likeness (QED) is 0.792. The molecule has 0 aromatic carbocycles. The molecule has 0 radical (unpaired) electrons. The SMILES string of the molecule is Cc1ncc(N)cc1C(=O)OC(C)C(=O)NCC(C)C. The van der Waals surface area contributed by atoms with Crippen LogP contribution in [0.5, 0.6) is 0 Å². The summed E-state index contributed by atoms with van der Waals surface area (Å²) in [4.78, 5) is 27.7. The van der Waals surface area contributed by atoms with Crippen LogP contribution in [0.2, 0.25) is 0 Å². The van der Waals surface area contributed by atoms with Crippen molar-refractivity contribution in [1.29, 1.82) is 0 Å². The summed E-state index contributed by atoms with van der Waals surface area (Å²) in [6.07, 6.45) is 0.604. The number of hydrogen-bond donors (Lipinski definition) is 2. The minimum Gasteiger partial charge on any atom is -0.449 e. The van der Waals surface area contributed by atoms with Gasteiger partial charge in [-0.3, -0.25) is 9.78 Å². The number of esters is 1. The van der Waals surface area contributed by atoms with Crippen LogP contribution in [-0.2, 0) is 9.53 Å². The third-order valence-corrected chi connectivity index (χ3v) is 2.67. The zero-order chi connectivity index (χ0) is 15.3. The first-order valence-electron chi connectivity index (χ1n) is 6.52. The Balaban J connectivity index is 2.65. The van der Waals surface area contributed by atoms with Crippen LogP contribution in [0.1, 0.15) is 36.8 Å². The highest BCUT2D eigenvalue weighted by Gasteiger charge is 2.20. The number of rotatable bonds is 5. The number of pyridine rings is 1. The molecular weight excluding hydrogens is 258 g/mol. The van der Waals surface area contributed by atoms with Crippen molar-refractivity contribution in [3.05, 3.63) is 23.5 Å². The Labute approximate surface area is 118 Å². The molecule has 1 aromatic heterocycles. The number of aryl methyl sites for hydroxylation is 1. The zero-order valence-corrected chi connectivity index (χ0v) is 12.3. The van der Waals surface area contributed by atoms with E-state index in [0.717, 1.165) is 0 Å². The second-order valence-electron chi connectivity index (χ2n) is 5.09.